The summed E-state index contributed by atoms with van der Waals surface area (Å²) in [6, 6.07) is 19.6. The lowest BCUT2D eigenvalue weighted by molar-refractivity contribution is -0.114. The highest BCUT2D eigenvalue weighted by Crippen LogP contribution is 2.28. The molecular formula is C25H28N2O3S. The number of hydrogen-bond donors (Lipinski definition) is 1. The number of anilines is 2. The Bertz CT molecular complexity index is 1190. The quantitative estimate of drug-likeness (QED) is 0.566. The fourth-order valence-corrected chi connectivity index (χ4v) is 4.86. The van der Waals surface area contributed by atoms with E-state index in [1.165, 1.54) is 4.31 Å². The van der Waals surface area contributed by atoms with Gasteiger partial charge in [0.2, 0.25) is 5.91 Å². The Balaban J connectivity index is 2.01. The zero-order valence-electron chi connectivity index (χ0n) is 18.3. The number of aryl methyl sites for hydroxylation is 3. The minimum Gasteiger partial charge on any atom is -0.324 e. The van der Waals surface area contributed by atoms with Crippen LogP contribution in [0.1, 0.15) is 29.2 Å². The van der Waals surface area contributed by atoms with Crippen LogP contribution in [0.25, 0.3) is 0 Å². The fraction of sp³-hybridized carbons (Fsp3) is 0.240. The van der Waals surface area contributed by atoms with Crippen molar-refractivity contribution < 1.29 is 13.2 Å². The van der Waals surface area contributed by atoms with E-state index in [1.807, 2.05) is 58.0 Å². The maximum atomic E-state index is 13.6. The van der Waals surface area contributed by atoms with E-state index >= 15 is 0 Å². The second kappa shape index (κ2) is 9.35. The Hall–Kier alpha value is -3.12. The Kier molecular flexibility index (Phi) is 6.81. The summed E-state index contributed by atoms with van der Waals surface area (Å²) < 4.78 is 28.3. The summed E-state index contributed by atoms with van der Waals surface area (Å²) in [5.41, 5.74) is 5.03. The molecule has 5 nitrogen and oxygen atoms in total. The molecular weight excluding hydrogens is 408 g/mol. The molecule has 3 aromatic carbocycles. The average Bonchev–Trinajstić information content (AvgIpc) is 2.75. The van der Waals surface area contributed by atoms with E-state index in [4.69, 9.17) is 0 Å². The zero-order valence-corrected chi connectivity index (χ0v) is 19.2. The van der Waals surface area contributed by atoms with Crippen LogP contribution < -0.4 is 9.62 Å². The summed E-state index contributed by atoms with van der Waals surface area (Å²) in [6.07, 6.45) is 0.648. The highest BCUT2D eigenvalue weighted by molar-refractivity contribution is 7.92. The van der Waals surface area contributed by atoms with E-state index < -0.39 is 15.9 Å². The molecule has 1 N–H and O–H groups in total. The number of nitrogens with zero attached hydrogens (tertiary/aromatic N) is 1. The van der Waals surface area contributed by atoms with Crippen molar-refractivity contribution in [3.05, 3.63) is 89.0 Å². The number of benzene rings is 3. The molecule has 0 spiro atoms. The molecule has 162 valence electrons. The normalized spacial score (nSPS) is 11.2. The predicted molar refractivity (Wildman–Crippen MR) is 126 cm³/mol. The first-order valence-corrected chi connectivity index (χ1v) is 11.7. The lowest BCUT2D eigenvalue weighted by Crippen LogP contribution is -2.38. The van der Waals surface area contributed by atoms with Gasteiger partial charge in [-0.15, -0.1) is 0 Å². The minimum atomic E-state index is -3.94. The first-order valence-electron chi connectivity index (χ1n) is 10.3. The number of nitrogens with one attached hydrogen (secondary N) is 1. The Labute approximate surface area is 184 Å². The Morgan fingerprint density at radius 2 is 1.58 bits per heavy atom. The van der Waals surface area contributed by atoms with Gasteiger partial charge in [0, 0.05) is 5.69 Å². The van der Waals surface area contributed by atoms with E-state index in [2.05, 4.69) is 5.32 Å². The van der Waals surface area contributed by atoms with Gasteiger partial charge < -0.3 is 5.32 Å². The van der Waals surface area contributed by atoms with Crippen LogP contribution in [0.2, 0.25) is 0 Å². The lowest BCUT2D eigenvalue weighted by Gasteiger charge is -2.26. The van der Waals surface area contributed by atoms with Gasteiger partial charge in [0.25, 0.3) is 10.0 Å². The minimum absolute atomic E-state index is 0.156. The van der Waals surface area contributed by atoms with Gasteiger partial charge >= 0.3 is 0 Å². The van der Waals surface area contributed by atoms with E-state index in [-0.39, 0.29) is 11.4 Å². The average molecular weight is 437 g/mol. The summed E-state index contributed by atoms with van der Waals surface area (Å²) in [4.78, 5) is 13.1. The van der Waals surface area contributed by atoms with Gasteiger partial charge in [0.1, 0.15) is 6.54 Å². The maximum absolute atomic E-state index is 13.6. The first-order chi connectivity index (χ1) is 14.7. The van der Waals surface area contributed by atoms with Gasteiger partial charge in [-0.3, -0.25) is 9.10 Å². The second-order valence-electron chi connectivity index (χ2n) is 7.60. The summed E-state index contributed by atoms with van der Waals surface area (Å²) in [6.45, 7) is 7.44. The lowest BCUT2D eigenvalue weighted by atomic mass is 10.1. The molecule has 0 saturated heterocycles. The molecule has 0 atom stereocenters. The molecule has 0 heterocycles. The van der Waals surface area contributed by atoms with Gasteiger partial charge in [-0.1, -0.05) is 55.0 Å². The topological polar surface area (TPSA) is 66.5 Å². The molecule has 0 aliphatic rings. The Morgan fingerprint density at radius 3 is 2.26 bits per heavy atom. The van der Waals surface area contributed by atoms with Crippen molar-refractivity contribution in [1.82, 2.24) is 0 Å². The third-order valence-electron chi connectivity index (χ3n) is 5.42. The van der Waals surface area contributed by atoms with E-state index in [0.717, 1.165) is 22.3 Å². The molecule has 0 saturated carbocycles. The molecule has 0 unspecified atom stereocenters. The van der Waals surface area contributed by atoms with Crippen LogP contribution in [0.5, 0.6) is 0 Å². The molecule has 0 fully saturated rings. The number of carbonyl (C=O) groups excluding carboxylic acids is 1. The standard InChI is InChI=1S/C25H28N2O3S/c1-5-21-10-6-7-12-24(21)27(31(29,30)22-15-13-18(2)14-16-22)17-25(28)26-23-11-8-9-19(3)20(23)4/h6-16H,5,17H2,1-4H3,(H,26,28). The third-order valence-corrected chi connectivity index (χ3v) is 7.19. The fourth-order valence-electron chi connectivity index (χ4n) is 3.40. The summed E-state index contributed by atoms with van der Waals surface area (Å²) in [5, 5.41) is 2.88. The molecule has 3 rings (SSSR count). The van der Waals surface area contributed by atoms with Crippen molar-refractivity contribution in [2.24, 2.45) is 0 Å². The van der Waals surface area contributed by atoms with Crippen molar-refractivity contribution in [2.75, 3.05) is 16.2 Å². The summed E-state index contributed by atoms with van der Waals surface area (Å²) in [5.74, 6) is -0.393. The van der Waals surface area contributed by atoms with Gasteiger partial charge in [-0.2, -0.15) is 0 Å². The number of rotatable bonds is 7. The van der Waals surface area contributed by atoms with Crippen LogP contribution in [0, 0.1) is 20.8 Å². The van der Waals surface area contributed by atoms with Crippen LogP contribution in [-0.2, 0) is 21.2 Å². The van der Waals surface area contributed by atoms with Crippen LogP contribution in [0.3, 0.4) is 0 Å². The SMILES string of the molecule is CCc1ccccc1N(CC(=O)Nc1cccc(C)c1C)S(=O)(=O)c1ccc(C)cc1. The van der Waals surface area contributed by atoms with Gasteiger partial charge in [-0.25, -0.2) is 8.42 Å². The number of sulfonamides is 1. The van der Waals surface area contributed by atoms with Crippen LogP contribution in [-0.4, -0.2) is 20.9 Å². The molecule has 0 aliphatic carbocycles. The number of hydrogen-bond acceptors (Lipinski definition) is 3. The largest absolute Gasteiger partial charge is 0.324 e. The summed E-state index contributed by atoms with van der Waals surface area (Å²) >= 11 is 0. The first kappa shape index (κ1) is 22.6. The number of para-hydroxylation sites is 1. The summed E-state index contributed by atoms with van der Waals surface area (Å²) in [7, 11) is -3.94. The smallest absolute Gasteiger partial charge is 0.264 e. The number of amides is 1. The second-order valence-corrected chi connectivity index (χ2v) is 9.46. The van der Waals surface area contributed by atoms with Gasteiger partial charge in [0.15, 0.2) is 0 Å². The molecule has 0 aromatic heterocycles. The predicted octanol–water partition coefficient (Wildman–Crippen LogP) is 5.01. The molecule has 0 aliphatic heterocycles. The van der Waals surface area contributed by atoms with E-state index in [9.17, 15) is 13.2 Å². The molecule has 3 aromatic rings. The van der Waals surface area contributed by atoms with Crippen molar-refractivity contribution in [1.29, 1.82) is 0 Å². The maximum Gasteiger partial charge on any atom is 0.264 e. The molecule has 1 amide bonds. The van der Waals surface area contributed by atoms with Gasteiger partial charge in [0.05, 0.1) is 10.6 Å². The highest BCUT2D eigenvalue weighted by Gasteiger charge is 2.28. The van der Waals surface area contributed by atoms with Crippen molar-refractivity contribution >= 4 is 27.3 Å². The monoisotopic (exact) mass is 436 g/mol. The van der Waals surface area contributed by atoms with E-state index in [1.54, 1.807) is 36.4 Å². The Morgan fingerprint density at radius 1 is 0.903 bits per heavy atom. The molecule has 6 heteroatoms. The molecule has 0 bridgehead atoms. The van der Waals surface area contributed by atoms with E-state index in [0.29, 0.717) is 17.8 Å². The van der Waals surface area contributed by atoms with Crippen molar-refractivity contribution in [3.8, 4) is 0 Å². The van der Waals surface area contributed by atoms with Gasteiger partial charge in [-0.05, 0) is 68.1 Å². The molecule has 0 radical (unpaired) electrons. The van der Waals surface area contributed by atoms with Crippen molar-refractivity contribution in [2.45, 2.75) is 39.0 Å². The zero-order chi connectivity index (χ0) is 22.6. The third kappa shape index (κ3) is 4.97. The number of carbonyl (C=O) groups is 1. The van der Waals surface area contributed by atoms with Crippen LogP contribution >= 0.6 is 0 Å². The highest BCUT2D eigenvalue weighted by atomic mass is 32.2. The van der Waals surface area contributed by atoms with Crippen molar-refractivity contribution in [3.63, 3.8) is 0 Å². The van der Waals surface area contributed by atoms with Crippen LogP contribution in [0.15, 0.2) is 71.6 Å². The van der Waals surface area contributed by atoms with Crippen LogP contribution in [0.4, 0.5) is 11.4 Å². The molecule has 31 heavy (non-hydrogen) atoms.